The molecule has 34 heavy (non-hydrogen) atoms. The van der Waals surface area contributed by atoms with Gasteiger partial charge in [-0.1, -0.05) is 33.1 Å². The topological polar surface area (TPSA) is 140 Å². The van der Waals surface area contributed by atoms with Crippen molar-refractivity contribution in [2.45, 2.75) is 102 Å². The van der Waals surface area contributed by atoms with E-state index in [1.54, 1.807) is 4.90 Å². The Kier molecular flexibility index (Phi) is 9.16. The zero-order valence-electron chi connectivity index (χ0n) is 20.5. The fourth-order valence-corrected chi connectivity index (χ4v) is 5.17. The molecule has 3 aliphatic rings. The van der Waals surface area contributed by atoms with Gasteiger partial charge in [-0.15, -0.1) is 0 Å². The van der Waals surface area contributed by atoms with Gasteiger partial charge in [-0.3, -0.25) is 14.4 Å². The van der Waals surface area contributed by atoms with E-state index in [-0.39, 0.29) is 23.8 Å². The van der Waals surface area contributed by atoms with Gasteiger partial charge in [0.2, 0.25) is 11.8 Å². The van der Waals surface area contributed by atoms with Crippen molar-refractivity contribution in [3.63, 3.8) is 0 Å². The van der Waals surface area contributed by atoms with Crippen LogP contribution in [0.15, 0.2) is 0 Å². The molecule has 0 aromatic rings. The number of aliphatic hydroxyl groups excluding tert-OH is 1. The van der Waals surface area contributed by atoms with Crippen LogP contribution in [0.25, 0.3) is 0 Å². The summed E-state index contributed by atoms with van der Waals surface area (Å²) in [4.78, 5) is 53.2. The molecule has 5 amide bonds. The molecule has 1 aliphatic carbocycles. The highest BCUT2D eigenvalue weighted by Crippen LogP contribution is 2.30. The minimum Gasteiger partial charge on any atom is -0.381 e. The van der Waals surface area contributed by atoms with Gasteiger partial charge in [0.25, 0.3) is 5.91 Å². The van der Waals surface area contributed by atoms with Crippen molar-refractivity contribution in [2.75, 3.05) is 19.6 Å². The average molecular weight is 480 g/mol. The molecule has 3 fully saturated rings. The Labute approximate surface area is 202 Å². The molecule has 2 saturated heterocycles. The molecule has 3 atom stereocenters. The van der Waals surface area contributed by atoms with E-state index in [4.69, 9.17) is 0 Å². The molecular weight excluding hydrogens is 438 g/mol. The van der Waals surface area contributed by atoms with Crippen LogP contribution >= 0.6 is 0 Å². The lowest BCUT2D eigenvalue weighted by Crippen LogP contribution is -2.65. The third kappa shape index (κ3) is 6.40. The first-order valence-electron chi connectivity index (χ1n) is 12.9. The van der Waals surface area contributed by atoms with Crippen molar-refractivity contribution in [3.05, 3.63) is 0 Å². The van der Waals surface area contributed by atoms with Crippen LogP contribution in [-0.2, 0) is 14.4 Å². The van der Waals surface area contributed by atoms with Crippen molar-refractivity contribution in [3.8, 4) is 0 Å². The first-order valence-corrected chi connectivity index (χ1v) is 12.9. The monoisotopic (exact) mass is 479 g/mol. The van der Waals surface area contributed by atoms with E-state index in [1.165, 1.54) is 0 Å². The predicted octanol–water partition coefficient (Wildman–Crippen LogP) is 0.781. The summed E-state index contributed by atoms with van der Waals surface area (Å²) in [5.41, 5.74) is -1.05. The molecule has 0 aromatic heterocycles. The van der Waals surface area contributed by atoms with Crippen LogP contribution in [-0.4, -0.2) is 77.1 Å². The molecule has 0 bridgehead atoms. The van der Waals surface area contributed by atoms with Crippen LogP contribution in [0, 0.1) is 5.92 Å². The summed E-state index contributed by atoms with van der Waals surface area (Å²) in [5.74, 6) is -1.55. The molecule has 0 unspecified atom stereocenters. The summed E-state index contributed by atoms with van der Waals surface area (Å²) in [7, 11) is 0. The van der Waals surface area contributed by atoms with Crippen molar-refractivity contribution in [2.24, 2.45) is 5.92 Å². The van der Waals surface area contributed by atoms with E-state index in [0.717, 1.165) is 44.9 Å². The number of urea groups is 1. The predicted molar refractivity (Wildman–Crippen MR) is 127 cm³/mol. The van der Waals surface area contributed by atoms with Crippen LogP contribution in [0.3, 0.4) is 0 Å². The molecule has 3 rings (SSSR count). The second-order valence-electron chi connectivity index (χ2n) is 10.3. The third-order valence-corrected chi connectivity index (χ3v) is 7.36. The Morgan fingerprint density at radius 3 is 2.35 bits per heavy atom. The Balaban J connectivity index is 1.68. The van der Waals surface area contributed by atoms with Gasteiger partial charge in [-0.25, -0.2) is 4.79 Å². The number of likely N-dealkylation sites (tertiary alicyclic amines) is 1. The number of amides is 5. The van der Waals surface area contributed by atoms with Gasteiger partial charge in [0.05, 0.1) is 6.04 Å². The fourth-order valence-electron chi connectivity index (χ4n) is 5.17. The highest BCUT2D eigenvalue weighted by Gasteiger charge is 2.44. The lowest BCUT2D eigenvalue weighted by Gasteiger charge is -2.39. The molecule has 0 spiro atoms. The largest absolute Gasteiger partial charge is 0.381 e. The summed E-state index contributed by atoms with van der Waals surface area (Å²) in [6, 6.07) is -1.78. The highest BCUT2D eigenvalue weighted by molar-refractivity contribution is 5.93. The maximum atomic E-state index is 13.5. The van der Waals surface area contributed by atoms with Gasteiger partial charge >= 0.3 is 6.03 Å². The SMILES string of the molecule is CC(C)[C@H](NC(=O)C1(NC(=O)N2CCCC2)CCCCC1)[C@@H](O)C(=O)N[C@H]1CCCCNC1=O. The summed E-state index contributed by atoms with van der Waals surface area (Å²) >= 11 is 0. The molecule has 2 aliphatic heterocycles. The van der Waals surface area contributed by atoms with Gasteiger partial charge in [0.1, 0.15) is 11.6 Å². The smallest absolute Gasteiger partial charge is 0.318 e. The molecule has 0 aromatic carbocycles. The number of carbonyl (C=O) groups is 4. The van der Waals surface area contributed by atoms with Crippen LogP contribution < -0.4 is 21.3 Å². The van der Waals surface area contributed by atoms with E-state index in [0.29, 0.717) is 38.9 Å². The minimum atomic E-state index is -1.52. The maximum Gasteiger partial charge on any atom is 0.318 e. The maximum absolute atomic E-state index is 13.5. The van der Waals surface area contributed by atoms with E-state index in [9.17, 15) is 24.3 Å². The van der Waals surface area contributed by atoms with Crippen LogP contribution in [0.5, 0.6) is 0 Å². The fraction of sp³-hybridized carbons (Fsp3) is 0.833. The van der Waals surface area contributed by atoms with Gasteiger partial charge in [0.15, 0.2) is 6.10 Å². The Morgan fingerprint density at radius 2 is 1.71 bits per heavy atom. The van der Waals surface area contributed by atoms with Gasteiger partial charge in [0, 0.05) is 19.6 Å². The number of nitrogens with one attached hydrogen (secondary N) is 4. The van der Waals surface area contributed by atoms with Gasteiger partial charge < -0.3 is 31.3 Å². The Bertz CT molecular complexity index is 746. The summed E-state index contributed by atoms with van der Waals surface area (Å²) < 4.78 is 0. The number of nitrogens with zero attached hydrogens (tertiary/aromatic N) is 1. The number of hydrogen-bond acceptors (Lipinski definition) is 5. The van der Waals surface area contributed by atoms with E-state index in [1.807, 2.05) is 13.8 Å². The van der Waals surface area contributed by atoms with Gasteiger partial charge in [-0.05, 0) is 50.9 Å². The first-order chi connectivity index (χ1) is 16.2. The number of carbonyl (C=O) groups excluding carboxylic acids is 4. The summed E-state index contributed by atoms with van der Waals surface area (Å²) in [5, 5.41) is 22.2. The lowest BCUT2D eigenvalue weighted by atomic mass is 9.80. The van der Waals surface area contributed by atoms with Crippen molar-refractivity contribution in [1.82, 2.24) is 26.2 Å². The second kappa shape index (κ2) is 11.9. The lowest BCUT2D eigenvalue weighted by molar-refractivity contribution is -0.138. The van der Waals surface area contributed by atoms with Crippen LogP contribution in [0.1, 0.15) is 78.1 Å². The number of aliphatic hydroxyl groups is 1. The Morgan fingerprint density at radius 1 is 1.03 bits per heavy atom. The van der Waals surface area contributed by atoms with Crippen LogP contribution in [0.4, 0.5) is 4.79 Å². The molecule has 192 valence electrons. The standard InChI is InChI=1S/C24H41N5O5/c1-16(2)18(19(30)21(32)26-17-10-4-7-13-25-20(17)31)27-22(33)24(11-5-3-6-12-24)28-23(34)29-14-8-9-15-29/h16-19,30H,3-15H2,1-2H3,(H,25,31)(H,26,32)(H,27,33)(H,28,34)/t17-,18-,19+/m0/s1. The summed E-state index contributed by atoms with van der Waals surface area (Å²) in [6.07, 6.45) is 6.23. The van der Waals surface area contributed by atoms with E-state index in [2.05, 4.69) is 21.3 Å². The Hall–Kier alpha value is -2.36. The van der Waals surface area contributed by atoms with Crippen molar-refractivity contribution in [1.29, 1.82) is 0 Å². The van der Waals surface area contributed by atoms with Crippen molar-refractivity contribution < 1.29 is 24.3 Å². The molecule has 0 radical (unpaired) electrons. The van der Waals surface area contributed by atoms with Crippen molar-refractivity contribution >= 4 is 23.8 Å². The number of hydrogen-bond donors (Lipinski definition) is 5. The molecule has 2 heterocycles. The molecule has 10 heteroatoms. The zero-order valence-corrected chi connectivity index (χ0v) is 20.5. The number of rotatable bonds is 7. The van der Waals surface area contributed by atoms with Crippen LogP contribution in [0.2, 0.25) is 0 Å². The molecular formula is C24H41N5O5. The van der Waals surface area contributed by atoms with Gasteiger partial charge in [-0.2, -0.15) is 0 Å². The quantitative estimate of drug-likeness (QED) is 0.367. The summed E-state index contributed by atoms with van der Waals surface area (Å²) in [6.45, 7) is 5.58. The van der Waals surface area contributed by atoms with E-state index < -0.39 is 29.6 Å². The normalized spacial score (nSPS) is 24.5. The molecule has 5 N–H and O–H groups in total. The third-order valence-electron chi connectivity index (χ3n) is 7.36. The van der Waals surface area contributed by atoms with E-state index >= 15 is 0 Å². The zero-order chi connectivity index (χ0) is 24.7. The first kappa shape index (κ1) is 26.2. The minimum absolute atomic E-state index is 0.228. The highest BCUT2D eigenvalue weighted by atomic mass is 16.3. The molecule has 1 saturated carbocycles. The molecule has 10 nitrogen and oxygen atoms in total. The average Bonchev–Trinajstić information content (AvgIpc) is 3.29. The second-order valence-corrected chi connectivity index (χ2v) is 10.3.